The van der Waals surface area contributed by atoms with Crippen molar-refractivity contribution in [2.75, 3.05) is 33.4 Å². The predicted molar refractivity (Wildman–Crippen MR) is 58.9 cm³/mol. The van der Waals surface area contributed by atoms with Gasteiger partial charge in [0.2, 0.25) is 0 Å². The lowest BCUT2D eigenvalue weighted by atomic mass is 10.0. The summed E-state index contributed by atoms with van der Waals surface area (Å²) in [6.45, 7) is 8.81. The van der Waals surface area contributed by atoms with Gasteiger partial charge in [-0.2, -0.15) is 0 Å². The van der Waals surface area contributed by atoms with Crippen LogP contribution in [0.15, 0.2) is 0 Å². The van der Waals surface area contributed by atoms with Gasteiger partial charge < -0.3 is 14.6 Å². The van der Waals surface area contributed by atoms with Gasteiger partial charge in [0, 0.05) is 26.7 Å². The average molecular weight is 217 g/mol. The Bertz CT molecular complexity index is 194. The first-order chi connectivity index (χ1) is 6.96. The fourth-order valence-electron chi connectivity index (χ4n) is 2.09. The SMILES string of the molecule is COC(C)CN1CC(CO)OC(C)(C)C1. The maximum Gasteiger partial charge on any atom is 0.0940 e. The van der Waals surface area contributed by atoms with Gasteiger partial charge in [-0.25, -0.2) is 0 Å². The van der Waals surface area contributed by atoms with E-state index < -0.39 is 0 Å². The Kier molecular flexibility index (Phi) is 4.52. The monoisotopic (exact) mass is 217 g/mol. The molecule has 0 bridgehead atoms. The van der Waals surface area contributed by atoms with Crippen LogP contribution < -0.4 is 0 Å². The minimum atomic E-state index is -0.181. The smallest absolute Gasteiger partial charge is 0.0940 e. The molecular formula is C11H23NO3. The molecule has 15 heavy (non-hydrogen) atoms. The number of nitrogens with zero attached hydrogens (tertiary/aromatic N) is 1. The molecule has 0 amide bonds. The maximum atomic E-state index is 9.15. The summed E-state index contributed by atoms with van der Waals surface area (Å²) >= 11 is 0. The first-order valence-electron chi connectivity index (χ1n) is 5.50. The van der Waals surface area contributed by atoms with Gasteiger partial charge in [0.25, 0.3) is 0 Å². The number of morpholine rings is 1. The summed E-state index contributed by atoms with van der Waals surface area (Å²) in [6.07, 6.45) is 0.149. The molecule has 0 radical (unpaired) electrons. The molecule has 1 aliphatic heterocycles. The molecule has 0 aliphatic carbocycles. The van der Waals surface area contributed by atoms with Gasteiger partial charge in [0.15, 0.2) is 0 Å². The van der Waals surface area contributed by atoms with Crippen LogP contribution in [0.25, 0.3) is 0 Å². The highest BCUT2D eigenvalue weighted by molar-refractivity contribution is 4.84. The van der Waals surface area contributed by atoms with E-state index in [1.807, 2.05) is 0 Å². The average Bonchev–Trinajstić information content (AvgIpc) is 2.15. The summed E-state index contributed by atoms with van der Waals surface area (Å²) in [5.41, 5.74) is -0.181. The molecule has 0 spiro atoms. The molecule has 1 saturated heterocycles. The number of methoxy groups -OCH3 is 1. The van der Waals surface area contributed by atoms with E-state index in [0.717, 1.165) is 19.6 Å². The van der Waals surface area contributed by atoms with E-state index in [2.05, 4.69) is 25.7 Å². The zero-order valence-electron chi connectivity index (χ0n) is 10.2. The van der Waals surface area contributed by atoms with Crippen molar-refractivity contribution in [3.05, 3.63) is 0 Å². The molecule has 0 aromatic rings. The number of ether oxygens (including phenoxy) is 2. The highest BCUT2D eigenvalue weighted by atomic mass is 16.5. The molecule has 4 heteroatoms. The van der Waals surface area contributed by atoms with Gasteiger partial charge in [-0.3, -0.25) is 4.90 Å². The molecule has 0 aromatic carbocycles. The molecule has 1 heterocycles. The summed E-state index contributed by atoms with van der Waals surface area (Å²) in [4.78, 5) is 2.29. The summed E-state index contributed by atoms with van der Waals surface area (Å²) in [7, 11) is 1.72. The lowest BCUT2D eigenvalue weighted by Gasteiger charge is -2.42. The molecule has 90 valence electrons. The number of hydrogen-bond acceptors (Lipinski definition) is 4. The molecule has 0 saturated carbocycles. The van der Waals surface area contributed by atoms with Crippen molar-refractivity contribution in [1.29, 1.82) is 0 Å². The number of hydrogen-bond donors (Lipinski definition) is 1. The van der Waals surface area contributed by atoms with E-state index in [9.17, 15) is 0 Å². The van der Waals surface area contributed by atoms with E-state index in [4.69, 9.17) is 14.6 Å². The van der Waals surface area contributed by atoms with Gasteiger partial charge in [0.05, 0.1) is 24.4 Å². The minimum absolute atomic E-state index is 0.0715. The molecule has 1 N–H and O–H groups in total. The Hall–Kier alpha value is -0.160. The van der Waals surface area contributed by atoms with E-state index in [0.29, 0.717) is 0 Å². The highest BCUT2D eigenvalue weighted by Gasteiger charge is 2.33. The Balaban J connectivity index is 2.50. The molecular weight excluding hydrogens is 194 g/mol. The summed E-state index contributed by atoms with van der Waals surface area (Å²) in [6, 6.07) is 0. The second-order valence-corrected chi connectivity index (χ2v) is 4.92. The van der Waals surface area contributed by atoms with Crippen molar-refractivity contribution in [2.24, 2.45) is 0 Å². The Morgan fingerprint density at radius 3 is 2.80 bits per heavy atom. The molecule has 1 fully saturated rings. The van der Waals surface area contributed by atoms with E-state index in [1.54, 1.807) is 7.11 Å². The fraction of sp³-hybridized carbons (Fsp3) is 1.00. The standard InChI is InChI=1S/C11H23NO3/c1-9(14-4)5-12-6-10(7-13)15-11(2,3)8-12/h9-10,13H,5-8H2,1-4H3. The third-order valence-corrected chi connectivity index (χ3v) is 2.67. The normalized spacial score (nSPS) is 29.0. The second kappa shape index (κ2) is 5.25. The lowest BCUT2D eigenvalue weighted by Crippen LogP contribution is -2.55. The number of aliphatic hydroxyl groups excluding tert-OH is 1. The molecule has 4 nitrogen and oxygen atoms in total. The van der Waals surface area contributed by atoms with Crippen molar-refractivity contribution in [2.45, 2.75) is 38.6 Å². The minimum Gasteiger partial charge on any atom is -0.394 e. The zero-order valence-corrected chi connectivity index (χ0v) is 10.2. The Labute approximate surface area is 92.2 Å². The van der Waals surface area contributed by atoms with Crippen molar-refractivity contribution in [3.63, 3.8) is 0 Å². The molecule has 1 aliphatic rings. The highest BCUT2D eigenvalue weighted by Crippen LogP contribution is 2.20. The van der Waals surface area contributed by atoms with Crippen LogP contribution in [-0.4, -0.2) is 61.2 Å². The van der Waals surface area contributed by atoms with Crippen LogP contribution in [0.3, 0.4) is 0 Å². The topological polar surface area (TPSA) is 41.9 Å². The number of rotatable bonds is 4. The largest absolute Gasteiger partial charge is 0.394 e. The van der Waals surface area contributed by atoms with E-state index >= 15 is 0 Å². The van der Waals surface area contributed by atoms with Gasteiger partial charge in [0.1, 0.15) is 0 Å². The molecule has 0 aromatic heterocycles. The zero-order chi connectivity index (χ0) is 11.5. The third kappa shape index (κ3) is 4.07. The van der Waals surface area contributed by atoms with Crippen LogP contribution in [0, 0.1) is 0 Å². The van der Waals surface area contributed by atoms with Crippen molar-refractivity contribution in [3.8, 4) is 0 Å². The van der Waals surface area contributed by atoms with Gasteiger partial charge in [-0.1, -0.05) is 0 Å². The molecule has 2 unspecified atom stereocenters. The van der Waals surface area contributed by atoms with E-state index in [-0.39, 0.29) is 24.4 Å². The number of aliphatic hydroxyl groups is 1. The van der Waals surface area contributed by atoms with Crippen molar-refractivity contribution >= 4 is 0 Å². The second-order valence-electron chi connectivity index (χ2n) is 4.92. The molecule has 2 atom stereocenters. The van der Waals surface area contributed by atoms with Crippen LogP contribution in [0.4, 0.5) is 0 Å². The van der Waals surface area contributed by atoms with Crippen LogP contribution in [0.5, 0.6) is 0 Å². The Morgan fingerprint density at radius 2 is 2.27 bits per heavy atom. The third-order valence-electron chi connectivity index (χ3n) is 2.67. The summed E-state index contributed by atoms with van der Waals surface area (Å²) in [5, 5.41) is 9.15. The van der Waals surface area contributed by atoms with E-state index in [1.165, 1.54) is 0 Å². The van der Waals surface area contributed by atoms with Crippen LogP contribution in [0.1, 0.15) is 20.8 Å². The maximum absolute atomic E-state index is 9.15. The molecule has 1 rings (SSSR count). The van der Waals surface area contributed by atoms with Crippen molar-refractivity contribution < 1.29 is 14.6 Å². The Morgan fingerprint density at radius 1 is 1.60 bits per heavy atom. The van der Waals surface area contributed by atoms with Gasteiger partial charge >= 0.3 is 0 Å². The van der Waals surface area contributed by atoms with Crippen LogP contribution in [-0.2, 0) is 9.47 Å². The quantitative estimate of drug-likeness (QED) is 0.744. The van der Waals surface area contributed by atoms with Crippen LogP contribution in [0.2, 0.25) is 0 Å². The summed E-state index contributed by atoms with van der Waals surface area (Å²) < 4.78 is 11.0. The van der Waals surface area contributed by atoms with Gasteiger partial charge in [-0.05, 0) is 20.8 Å². The summed E-state index contributed by atoms with van der Waals surface area (Å²) in [5.74, 6) is 0. The first kappa shape index (κ1) is 12.9. The van der Waals surface area contributed by atoms with Gasteiger partial charge in [-0.15, -0.1) is 0 Å². The predicted octanol–water partition coefficient (Wildman–Crippen LogP) is 0.493. The lowest BCUT2D eigenvalue weighted by molar-refractivity contribution is -0.153. The van der Waals surface area contributed by atoms with Crippen molar-refractivity contribution in [1.82, 2.24) is 4.90 Å². The van der Waals surface area contributed by atoms with Crippen LogP contribution >= 0.6 is 0 Å². The first-order valence-corrected chi connectivity index (χ1v) is 5.50. The fourth-order valence-corrected chi connectivity index (χ4v) is 2.09.